The number of anilines is 1. The number of hydrogen-bond donors (Lipinski definition) is 1. The van der Waals surface area contributed by atoms with Gasteiger partial charge in [-0.05, 0) is 20.2 Å². The molecule has 0 bridgehead atoms. The van der Waals surface area contributed by atoms with Crippen LogP contribution in [0.3, 0.4) is 0 Å². The van der Waals surface area contributed by atoms with Gasteiger partial charge in [-0.15, -0.1) is 10.2 Å². The SMILES string of the molecule is CN(C)CCc1nnc(NC(=O)c2cc(Cl)cn2C)s1. The van der Waals surface area contributed by atoms with Crippen LogP contribution in [-0.2, 0) is 13.5 Å². The Labute approximate surface area is 126 Å². The van der Waals surface area contributed by atoms with Gasteiger partial charge < -0.3 is 9.47 Å². The fourth-order valence-corrected chi connectivity index (χ4v) is 2.61. The highest BCUT2D eigenvalue weighted by Gasteiger charge is 2.14. The molecule has 0 radical (unpaired) electrons. The minimum atomic E-state index is -0.241. The Hall–Kier alpha value is -1.44. The van der Waals surface area contributed by atoms with Crippen molar-refractivity contribution in [1.29, 1.82) is 0 Å². The van der Waals surface area contributed by atoms with Gasteiger partial charge in [-0.2, -0.15) is 0 Å². The van der Waals surface area contributed by atoms with E-state index in [0.29, 0.717) is 15.8 Å². The van der Waals surface area contributed by atoms with Crippen molar-refractivity contribution in [3.63, 3.8) is 0 Å². The predicted molar refractivity (Wildman–Crippen MR) is 80.5 cm³/mol. The normalized spacial score (nSPS) is 11.1. The number of carbonyl (C=O) groups is 1. The lowest BCUT2D eigenvalue weighted by molar-refractivity contribution is 0.101. The van der Waals surface area contributed by atoms with Crippen molar-refractivity contribution < 1.29 is 4.79 Å². The molecule has 0 aliphatic heterocycles. The van der Waals surface area contributed by atoms with Crippen LogP contribution < -0.4 is 5.32 Å². The minimum absolute atomic E-state index is 0.241. The number of nitrogens with one attached hydrogen (secondary N) is 1. The van der Waals surface area contributed by atoms with E-state index in [1.807, 2.05) is 14.1 Å². The molecule has 2 rings (SSSR count). The molecule has 2 aromatic rings. The van der Waals surface area contributed by atoms with Gasteiger partial charge in [0, 0.05) is 26.2 Å². The molecule has 0 fully saturated rings. The predicted octanol–water partition coefficient (Wildman–Crippen LogP) is 1.89. The van der Waals surface area contributed by atoms with E-state index in [9.17, 15) is 4.79 Å². The van der Waals surface area contributed by atoms with Crippen LogP contribution in [0.1, 0.15) is 15.5 Å². The molecule has 0 spiro atoms. The van der Waals surface area contributed by atoms with Crippen LogP contribution in [0.25, 0.3) is 0 Å². The van der Waals surface area contributed by atoms with Gasteiger partial charge in [-0.1, -0.05) is 22.9 Å². The van der Waals surface area contributed by atoms with Gasteiger partial charge in [0.2, 0.25) is 5.13 Å². The third-order valence-corrected chi connectivity index (χ3v) is 3.77. The number of hydrogen-bond acceptors (Lipinski definition) is 5. The first kappa shape index (κ1) is 15.0. The second kappa shape index (κ2) is 6.34. The maximum Gasteiger partial charge on any atom is 0.274 e. The highest BCUT2D eigenvalue weighted by atomic mass is 35.5. The van der Waals surface area contributed by atoms with Crippen LogP contribution in [-0.4, -0.2) is 46.2 Å². The van der Waals surface area contributed by atoms with Crippen molar-refractivity contribution in [2.45, 2.75) is 6.42 Å². The highest BCUT2D eigenvalue weighted by Crippen LogP contribution is 2.18. The summed E-state index contributed by atoms with van der Waals surface area (Å²) < 4.78 is 1.67. The average Bonchev–Trinajstić information content (AvgIpc) is 2.93. The molecule has 0 aromatic carbocycles. The lowest BCUT2D eigenvalue weighted by Gasteiger charge is -2.05. The Morgan fingerprint density at radius 3 is 2.85 bits per heavy atom. The molecule has 0 aliphatic carbocycles. The largest absolute Gasteiger partial charge is 0.345 e. The smallest absolute Gasteiger partial charge is 0.274 e. The summed E-state index contributed by atoms with van der Waals surface area (Å²) >= 11 is 7.24. The maximum absolute atomic E-state index is 12.1. The lowest BCUT2D eigenvalue weighted by Crippen LogP contribution is -2.15. The van der Waals surface area contributed by atoms with Crippen molar-refractivity contribution >= 4 is 34.0 Å². The van der Waals surface area contributed by atoms with Crippen LogP contribution in [0.2, 0.25) is 5.02 Å². The summed E-state index contributed by atoms with van der Waals surface area (Å²) in [5, 5.41) is 12.7. The summed E-state index contributed by atoms with van der Waals surface area (Å²) in [5.41, 5.74) is 0.486. The molecule has 20 heavy (non-hydrogen) atoms. The van der Waals surface area contributed by atoms with E-state index < -0.39 is 0 Å². The van der Waals surface area contributed by atoms with Crippen molar-refractivity contribution in [2.24, 2.45) is 7.05 Å². The van der Waals surface area contributed by atoms with Crippen LogP contribution >= 0.6 is 22.9 Å². The standard InChI is InChI=1S/C12H16ClN5OS/c1-17(2)5-4-10-15-16-12(20-10)14-11(19)9-6-8(13)7-18(9)3/h6-7H,4-5H2,1-3H3,(H,14,16,19). The fourth-order valence-electron chi connectivity index (χ4n) is 1.64. The van der Waals surface area contributed by atoms with Crippen LogP contribution in [0.5, 0.6) is 0 Å². The van der Waals surface area contributed by atoms with E-state index in [4.69, 9.17) is 11.6 Å². The molecule has 2 heterocycles. The third-order valence-electron chi connectivity index (χ3n) is 2.66. The summed E-state index contributed by atoms with van der Waals surface area (Å²) in [6.45, 7) is 0.899. The Morgan fingerprint density at radius 1 is 1.50 bits per heavy atom. The first-order chi connectivity index (χ1) is 9.45. The van der Waals surface area contributed by atoms with Crippen molar-refractivity contribution in [1.82, 2.24) is 19.7 Å². The number of halogens is 1. The molecule has 0 saturated heterocycles. The summed E-state index contributed by atoms with van der Waals surface area (Å²) in [6, 6.07) is 1.62. The monoisotopic (exact) mass is 313 g/mol. The number of aromatic nitrogens is 3. The second-order valence-corrected chi connectivity index (χ2v) is 6.16. The van der Waals surface area contributed by atoms with E-state index in [1.54, 1.807) is 23.9 Å². The quantitative estimate of drug-likeness (QED) is 0.915. The molecule has 2 aromatic heterocycles. The number of amides is 1. The highest BCUT2D eigenvalue weighted by molar-refractivity contribution is 7.15. The van der Waals surface area contributed by atoms with E-state index in [1.165, 1.54) is 11.3 Å². The van der Waals surface area contributed by atoms with Gasteiger partial charge in [-0.25, -0.2) is 0 Å². The fraction of sp³-hybridized carbons (Fsp3) is 0.417. The van der Waals surface area contributed by atoms with Gasteiger partial charge in [0.15, 0.2) is 0 Å². The minimum Gasteiger partial charge on any atom is -0.345 e. The Morgan fingerprint density at radius 2 is 2.25 bits per heavy atom. The van der Waals surface area contributed by atoms with Crippen molar-refractivity contribution in [3.8, 4) is 0 Å². The Bertz CT molecular complexity index is 607. The molecule has 6 nitrogen and oxygen atoms in total. The number of rotatable bonds is 5. The molecule has 1 amide bonds. The van der Waals surface area contributed by atoms with Gasteiger partial charge in [0.05, 0.1) is 5.02 Å². The molecule has 0 atom stereocenters. The van der Waals surface area contributed by atoms with Gasteiger partial charge in [0.25, 0.3) is 5.91 Å². The summed E-state index contributed by atoms with van der Waals surface area (Å²) in [7, 11) is 5.77. The van der Waals surface area contributed by atoms with E-state index in [-0.39, 0.29) is 5.91 Å². The summed E-state index contributed by atoms with van der Waals surface area (Å²) in [6.07, 6.45) is 2.50. The first-order valence-corrected chi connectivity index (χ1v) is 7.25. The Balaban J connectivity index is 2.00. The first-order valence-electron chi connectivity index (χ1n) is 6.06. The van der Waals surface area contributed by atoms with Gasteiger partial charge in [-0.3, -0.25) is 10.1 Å². The van der Waals surface area contributed by atoms with Crippen molar-refractivity contribution in [2.75, 3.05) is 26.0 Å². The molecule has 0 saturated carbocycles. The molecule has 0 unspecified atom stereocenters. The van der Waals surface area contributed by atoms with E-state index >= 15 is 0 Å². The number of likely N-dealkylation sites (N-methyl/N-ethyl adjacent to an activating group) is 1. The zero-order valence-corrected chi connectivity index (χ0v) is 13.1. The zero-order chi connectivity index (χ0) is 14.7. The number of nitrogens with zero attached hydrogens (tertiary/aromatic N) is 4. The van der Waals surface area contributed by atoms with E-state index in [0.717, 1.165) is 18.0 Å². The van der Waals surface area contributed by atoms with Crippen molar-refractivity contribution in [3.05, 3.63) is 28.0 Å². The molecule has 1 N–H and O–H groups in total. The second-order valence-electron chi connectivity index (χ2n) is 4.66. The van der Waals surface area contributed by atoms with Crippen LogP contribution in [0.4, 0.5) is 5.13 Å². The molecular weight excluding hydrogens is 298 g/mol. The van der Waals surface area contributed by atoms with Gasteiger partial charge >= 0.3 is 0 Å². The van der Waals surface area contributed by atoms with Crippen LogP contribution in [0, 0.1) is 0 Å². The average molecular weight is 314 g/mol. The topological polar surface area (TPSA) is 63.1 Å². The van der Waals surface area contributed by atoms with Crippen LogP contribution in [0.15, 0.2) is 12.3 Å². The molecular formula is C12H16ClN5OS. The maximum atomic E-state index is 12.1. The van der Waals surface area contributed by atoms with Gasteiger partial charge in [0.1, 0.15) is 10.7 Å². The lowest BCUT2D eigenvalue weighted by atomic mass is 10.4. The number of carbonyl (C=O) groups excluding carboxylic acids is 1. The molecule has 0 aliphatic rings. The summed E-state index contributed by atoms with van der Waals surface area (Å²) in [4.78, 5) is 14.1. The molecule has 8 heteroatoms. The molecule has 108 valence electrons. The third kappa shape index (κ3) is 3.78. The van der Waals surface area contributed by atoms with E-state index in [2.05, 4.69) is 20.4 Å². The zero-order valence-electron chi connectivity index (χ0n) is 11.6. The summed E-state index contributed by atoms with van der Waals surface area (Å²) in [5.74, 6) is -0.241. The number of aryl methyl sites for hydroxylation is 1. The Kier molecular flexibility index (Phi) is 4.74.